The SMILES string of the molecule is C[C@@H]1CCCN(CC(=O)Nc2ccccc2C(=O)c2ccccc2)C1. The Bertz CT molecular complexity index is 743. The van der Waals surface area contributed by atoms with E-state index in [1.54, 1.807) is 24.3 Å². The van der Waals surface area contributed by atoms with Crippen LogP contribution in [0.2, 0.25) is 0 Å². The van der Waals surface area contributed by atoms with Gasteiger partial charge in [0.05, 0.1) is 12.2 Å². The number of rotatable bonds is 5. The maximum Gasteiger partial charge on any atom is 0.238 e. The smallest absolute Gasteiger partial charge is 0.238 e. The molecule has 0 saturated carbocycles. The van der Waals surface area contributed by atoms with Crippen LogP contribution in [0, 0.1) is 5.92 Å². The Labute approximate surface area is 148 Å². The molecule has 4 heteroatoms. The molecule has 1 heterocycles. The molecular weight excluding hydrogens is 312 g/mol. The Balaban J connectivity index is 1.70. The van der Waals surface area contributed by atoms with Gasteiger partial charge in [0, 0.05) is 17.7 Å². The Morgan fingerprint density at radius 1 is 1.08 bits per heavy atom. The lowest BCUT2D eigenvalue weighted by Gasteiger charge is -2.30. The monoisotopic (exact) mass is 336 g/mol. The third-order valence-corrected chi connectivity index (χ3v) is 4.59. The standard InChI is InChI=1S/C21H24N2O2/c1-16-8-7-13-23(14-16)15-20(24)22-19-12-6-5-11-18(19)21(25)17-9-3-2-4-10-17/h2-6,9-12,16H,7-8,13-15H2,1H3,(H,22,24)/t16-/m1/s1. The van der Waals surface area contributed by atoms with Crippen LogP contribution in [0.1, 0.15) is 35.7 Å². The van der Waals surface area contributed by atoms with Crippen molar-refractivity contribution in [2.24, 2.45) is 5.92 Å². The molecule has 4 nitrogen and oxygen atoms in total. The molecular formula is C21H24N2O2. The van der Waals surface area contributed by atoms with E-state index >= 15 is 0 Å². The van der Waals surface area contributed by atoms with Crippen molar-refractivity contribution < 1.29 is 9.59 Å². The third-order valence-electron chi connectivity index (χ3n) is 4.59. The number of anilines is 1. The van der Waals surface area contributed by atoms with E-state index in [9.17, 15) is 9.59 Å². The molecule has 1 atom stereocenters. The number of carbonyl (C=O) groups excluding carboxylic acids is 2. The fraction of sp³-hybridized carbons (Fsp3) is 0.333. The van der Waals surface area contributed by atoms with Gasteiger partial charge in [0.25, 0.3) is 0 Å². The van der Waals surface area contributed by atoms with Crippen molar-refractivity contribution in [3.8, 4) is 0 Å². The molecule has 2 aromatic carbocycles. The molecule has 0 aliphatic carbocycles. The van der Waals surface area contributed by atoms with Crippen LogP contribution in [-0.2, 0) is 4.79 Å². The van der Waals surface area contributed by atoms with Crippen molar-refractivity contribution in [1.82, 2.24) is 4.90 Å². The Kier molecular flexibility index (Phi) is 5.61. The van der Waals surface area contributed by atoms with E-state index in [4.69, 9.17) is 0 Å². The van der Waals surface area contributed by atoms with Gasteiger partial charge in [-0.3, -0.25) is 14.5 Å². The minimum Gasteiger partial charge on any atom is -0.324 e. The Morgan fingerprint density at radius 3 is 2.56 bits per heavy atom. The van der Waals surface area contributed by atoms with Crippen molar-refractivity contribution in [2.75, 3.05) is 25.0 Å². The average Bonchev–Trinajstić information content (AvgIpc) is 2.62. The summed E-state index contributed by atoms with van der Waals surface area (Å²) >= 11 is 0. The van der Waals surface area contributed by atoms with Crippen molar-refractivity contribution in [3.63, 3.8) is 0 Å². The van der Waals surface area contributed by atoms with Crippen molar-refractivity contribution >= 4 is 17.4 Å². The Morgan fingerprint density at radius 2 is 1.80 bits per heavy atom. The molecule has 1 saturated heterocycles. The van der Waals surface area contributed by atoms with Gasteiger partial charge in [0.15, 0.2) is 5.78 Å². The first-order chi connectivity index (χ1) is 12.1. The van der Waals surface area contributed by atoms with Crippen molar-refractivity contribution in [1.29, 1.82) is 0 Å². The lowest BCUT2D eigenvalue weighted by atomic mass is 10.0. The Hall–Kier alpha value is -2.46. The number of likely N-dealkylation sites (tertiary alicyclic amines) is 1. The minimum absolute atomic E-state index is 0.0672. The molecule has 1 fully saturated rings. The number of hydrogen-bond acceptors (Lipinski definition) is 3. The summed E-state index contributed by atoms with van der Waals surface area (Å²) in [7, 11) is 0. The average molecular weight is 336 g/mol. The number of benzene rings is 2. The molecule has 25 heavy (non-hydrogen) atoms. The molecule has 0 spiro atoms. The predicted octanol–water partition coefficient (Wildman–Crippen LogP) is 3.59. The highest BCUT2D eigenvalue weighted by Crippen LogP contribution is 2.20. The van der Waals surface area contributed by atoms with E-state index in [-0.39, 0.29) is 11.7 Å². The number of para-hydroxylation sites is 1. The van der Waals surface area contributed by atoms with Crippen LogP contribution in [0.4, 0.5) is 5.69 Å². The number of amides is 1. The van der Waals surface area contributed by atoms with Gasteiger partial charge < -0.3 is 5.32 Å². The molecule has 1 N–H and O–H groups in total. The molecule has 1 amide bonds. The van der Waals surface area contributed by atoms with E-state index in [0.717, 1.165) is 19.5 Å². The second-order valence-electron chi connectivity index (χ2n) is 6.77. The first-order valence-electron chi connectivity index (χ1n) is 8.84. The normalized spacial score (nSPS) is 17.9. The molecule has 1 aliphatic rings. The number of ketones is 1. The van der Waals surface area contributed by atoms with E-state index < -0.39 is 0 Å². The molecule has 0 unspecified atom stereocenters. The van der Waals surface area contributed by atoms with Crippen LogP contribution in [0.5, 0.6) is 0 Å². The molecule has 0 aromatic heterocycles. The molecule has 2 aromatic rings. The van der Waals surface area contributed by atoms with Gasteiger partial charge in [-0.1, -0.05) is 49.4 Å². The maximum absolute atomic E-state index is 12.7. The van der Waals surface area contributed by atoms with Crippen LogP contribution in [-0.4, -0.2) is 36.2 Å². The lowest BCUT2D eigenvalue weighted by Crippen LogP contribution is -2.39. The molecule has 0 bridgehead atoms. The highest BCUT2D eigenvalue weighted by Gasteiger charge is 2.20. The van der Waals surface area contributed by atoms with Crippen molar-refractivity contribution in [2.45, 2.75) is 19.8 Å². The van der Waals surface area contributed by atoms with Gasteiger partial charge in [0.2, 0.25) is 5.91 Å². The minimum atomic E-state index is -0.0805. The fourth-order valence-corrected chi connectivity index (χ4v) is 3.36. The van der Waals surface area contributed by atoms with E-state index in [1.807, 2.05) is 30.3 Å². The largest absolute Gasteiger partial charge is 0.324 e. The van der Waals surface area contributed by atoms with E-state index in [1.165, 1.54) is 6.42 Å². The van der Waals surface area contributed by atoms with E-state index in [0.29, 0.717) is 29.3 Å². The van der Waals surface area contributed by atoms with Crippen molar-refractivity contribution in [3.05, 3.63) is 65.7 Å². The summed E-state index contributed by atoms with van der Waals surface area (Å²) in [6.07, 6.45) is 2.37. The zero-order valence-corrected chi connectivity index (χ0v) is 14.6. The summed E-state index contributed by atoms with van der Waals surface area (Å²) in [5.74, 6) is 0.485. The van der Waals surface area contributed by atoms with Gasteiger partial charge in [-0.05, 0) is 37.4 Å². The van der Waals surface area contributed by atoms with Crippen LogP contribution in [0.15, 0.2) is 54.6 Å². The van der Waals surface area contributed by atoms with E-state index in [2.05, 4.69) is 17.1 Å². The van der Waals surface area contributed by atoms with Gasteiger partial charge in [-0.2, -0.15) is 0 Å². The number of nitrogens with zero attached hydrogens (tertiary/aromatic N) is 1. The number of nitrogens with one attached hydrogen (secondary N) is 1. The second kappa shape index (κ2) is 8.08. The number of hydrogen-bond donors (Lipinski definition) is 1. The number of carbonyl (C=O) groups is 2. The summed E-state index contributed by atoms with van der Waals surface area (Å²) in [6.45, 7) is 4.51. The molecule has 0 radical (unpaired) electrons. The summed E-state index contributed by atoms with van der Waals surface area (Å²) in [6, 6.07) is 16.3. The van der Waals surface area contributed by atoms with Gasteiger partial charge >= 0.3 is 0 Å². The quantitative estimate of drug-likeness (QED) is 0.849. The third kappa shape index (κ3) is 4.54. The maximum atomic E-state index is 12.7. The zero-order valence-electron chi connectivity index (χ0n) is 14.6. The fourth-order valence-electron chi connectivity index (χ4n) is 3.36. The van der Waals surface area contributed by atoms with Crippen LogP contribution < -0.4 is 5.32 Å². The molecule has 130 valence electrons. The van der Waals surface area contributed by atoms with Crippen LogP contribution in [0.25, 0.3) is 0 Å². The summed E-state index contributed by atoms with van der Waals surface area (Å²) < 4.78 is 0. The van der Waals surface area contributed by atoms with Crippen LogP contribution >= 0.6 is 0 Å². The summed E-state index contributed by atoms with van der Waals surface area (Å²) in [4.78, 5) is 27.3. The first kappa shape index (κ1) is 17.4. The second-order valence-corrected chi connectivity index (χ2v) is 6.77. The zero-order chi connectivity index (χ0) is 17.6. The van der Waals surface area contributed by atoms with Gasteiger partial charge in [-0.15, -0.1) is 0 Å². The summed E-state index contributed by atoms with van der Waals surface area (Å²) in [5, 5.41) is 2.92. The lowest BCUT2D eigenvalue weighted by molar-refractivity contribution is -0.117. The highest BCUT2D eigenvalue weighted by molar-refractivity contribution is 6.13. The van der Waals surface area contributed by atoms with Crippen LogP contribution in [0.3, 0.4) is 0 Å². The summed E-state index contributed by atoms with van der Waals surface area (Å²) in [5.41, 5.74) is 1.72. The first-order valence-corrected chi connectivity index (χ1v) is 8.84. The topological polar surface area (TPSA) is 49.4 Å². The highest BCUT2D eigenvalue weighted by atomic mass is 16.2. The molecule has 3 rings (SSSR count). The number of piperidine rings is 1. The molecule has 1 aliphatic heterocycles. The van der Waals surface area contributed by atoms with Gasteiger partial charge in [0.1, 0.15) is 0 Å². The van der Waals surface area contributed by atoms with Gasteiger partial charge in [-0.25, -0.2) is 0 Å². The predicted molar refractivity (Wildman–Crippen MR) is 99.8 cm³/mol.